The fourth-order valence-electron chi connectivity index (χ4n) is 0.863. The van der Waals surface area contributed by atoms with E-state index >= 15 is 0 Å². The third-order valence-corrected chi connectivity index (χ3v) is 2.18. The zero-order valence-corrected chi connectivity index (χ0v) is 9.10. The smallest absolute Gasteiger partial charge is 0.406 e. The predicted molar refractivity (Wildman–Crippen MR) is 51.2 cm³/mol. The first-order chi connectivity index (χ1) is 6.83. The topological polar surface area (TPSA) is 26.3 Å². The van der Waals surface area contributed by atoms with Gasteiger partial charge in [-0.15, -0.1) is 13.2 Å². The molecule has 0 aromatic heterocycles. The largest absolute Gasteiger partial charge is 0.573 e. The van der Waals surface area contributed by atoms with Crippen LogP contribution in [-0.2, 0) is 0 Å². The highest BCUT2D eigenvalue weighted by atomic mass is 127. The van der Waals surface area contributed by atoms with Gasteiger partial charge < -0.3 is 4.74 Å². The van der Waals surface area contributed by atoms with Crippen LogP contribution in [0.4, 0.5) is 17.6 Å². The average Bonchev–Trinajstić information content (AvgIpc) is 2.08. The molecule has 0 aliphatic heterocycles. The van der Waals surface area contributed by atoms with E-state index in [1.165, 1.54) is 22.6 Å². The van der Waals surface area contributed by atoms with E-state index in [1.54, 1.807) is 0 Å². The van der Waals surface area contributed by atoms with Crippen LogP contribution in [0, 0.1) is 9.39 Å². The van der Waals surface area contributed by atoms with Gasteiger partial charge in [-0.1, -0.05) is 0 Å². The predicted octanol–water partition coefficient (Wildman–Crippen LogP) is 3.14. The van der Waals surface area contributed by atoms with E-state index in [0.717, 1.165) is 6.07 Å². The van der Waals surface area contributed by atoms with E-state index in [0.29, 0.717) is 6.07 Å². The monoisotopic (exact) mass is 334 g/mol. The second-order valence-electron chi connectivity index (χ2n) is 2.47. The molecule has 0 heterocycles. The second-order valence-corrected chi connectivity index (χ2v) is 3.64. The molecule has 1 aromatic rings. The normalized spacial score (nSPS) is 11.3. The number of halogens is 5. The summed E-state index contributed by atoms with van der Waals surface area (Å²) in [5.74, 6) is -1.48. The van der Waals surface area contributed by atoms with Crippen molar-refractivity contribution in [2.24, 2.45) is 0 Å². The quantitative estimate of drug-likeness (QED) is 0.472. The minimum absolute atomic E-state index is 0.114. The highest BCUT2D eigenvalue weighted by Gasteiger charge is 2.31. The Balaban J connectivity index is 3.11. The Morgan fingerprint density at radius 2 is 1.93 bits per heavy atom. The highest BCUT2D eigenvalue weighted by molar-refractivity contribution is 14.1. The van der Waals surface area contributed by atoms with Gasteiger partial charge in [0.1, 0.15) is 11.6 Å². The molecule has 0 N–H and O–H groups in total. The molecule has 0 aliphatic carbocycles. The lowest BCUT2D eigenvalue weighted by Crippen LogP contribution is -2.17. The molecule has 0 amide bonds. The summed E-state index contributed by atoms with van der Waals surface area (Å²) < 4.78 is 51.9. The van der Waals surface area contributed by atoms with Crippen molar-refractivity contribution in [3.05, 3.63) is 27.1 Å². The third-order valence-electron chi connectivity index (χ3n) is 1.39. The summed E-state index contributed by atoms with van der Waals surface area (Å²) in [6.45, 7) is 0. The van der Waals surface area contributed by atoms with Crippen molar-refractivity contribution in [1.29, 1.82) is 0 Å². The minimum atomic E-state index is -4.86. The van der Waals surface area contributed by atoms with Gasteiger partial charge >= 0.3 is 6.36 Å². The number of aldehydes is 1. The van der Waals surface area contributed by atoms with E-state index in [4.69, 9.17) is 0 Å². The molecule has 0 saturated carbocycles. The van der Waals surface area contributed by atoms with Crippen molar-refractivity contribution in [3.8, 4) is 5.75 Å². The van der Waals surface area contributed by atoms with Crippen LogP contribution in [0.1, 0.15) is 10.4 Å². The number of alkyl halides is 3. The minimum Gasteiger partial charge on any atom is -0.406 e. The summed E-state index contributed by atoms with van der Waals surface area (Å²) in [5, 5.41) is 0. The van der Waals surface area contributed by atoms with Crippen LogP contribution in [0.25, 0.3) is 0 Å². The number of rotatable bonds is 2. The van der Waals surface area contributed by atoms with Crippen molar-refractivity contribution < 1.29 is 27.1 Å². The molecule has 82 valence electrons. The highest BCUT2D eigenvalue weighted by Crippen LogP contribution is 2.27. The summed E-state index contributed by atoms with van der Waals surface area (Å²) in [6, 6.07) is 1.55. The van der Waals surface area contributed by atoms with Crippen LogP contribution in [0.15, 0.2) is 12.1 Å². The van der Waals surface area contributed by atoms with E-state index in [2.05, 4.69) is 4.74 Å². The Hall–Kier alpha value is -0.860. The fourth-order valence-corrected chi connectivity index (χ4v) is 1.48. The summed E-state index contributed by atoms with van der Waals surface area (Å²) in [6.07, 6.45) is -4.73. The molecule has 15 heavy (non-hydrogen) atoms. The van der Waals surface area contributed by atoms with Crippen LogP contribution < -0.4 is 4.74 Å². The maximum Gasteiger partial charge on any atom is 0.573 e. The van der Waals surface area contributed by atoms with Crippen molar-refractivity contribution in [1.82, 2.24) is 0 Å². The van der Waals surface area contributed by atoms with Crippen molar-refractivity contribution in [2.45, 2.75) is 6.36 Å². The van der Waals surface area contributed by atoms with Crippen LogP contribution >= 0.6 is 22.6 Å². The molecule has 0 spiro atoms. The summed E-state index contributed by atoms with van der Waals surface area (Å²) in [4.78, 5) is 10.3. The van der Waals surface area contributed by atoms with Crippen molar-refractivity contribution >= 4 is 28.9 Å². The van der Waals surface area contributed by atoms with Gasteiger partial charge in [0.2, 0.25) is 0 Å². The summed E-state index contributed by atoms with van der Waals surface area (Å²) >= 11 is 1.47. The second kappa shape index (κ2) is 4.33. The Morgan fingerprint density at radius 1 is 1.33 bits per heavy atom. The SMILES string of the molecule is O=Cc1cc(OC(F)(F)F)cc(I)c1F. The zero-order chi connectivity index (χ0) is 11.6. The third kappa shape index (κ3) is 3.33. The van der Waals surface area contributed by atoms with Gasteiger partial charge in [0, 0.05) is 0 Å². The fraction of sp³-hybridized carbons (Fsp3) is 0.125. The molecule has 0 radical (unpaired) electrons. The molecule has 2 nitrogen and oxygen atoms in total. The number of carbonyl (C=O) groups excluding carboxylic acids is 1. The standard InChI is InChI=1S/C8H3F4IO2/c9-7-4(3-14)1-5(2-6(7)13)15-8(10,11)12/h1-3H. The molecular weight excluding hydrogens is 331 g/mol. The lowest BCUT2D eigenvalue weighted by atomic mass is 10.2. The summed E-state index contributed by atoms with van der Waals surface area (Å²) in [5.41, 5.74) is -0.471. The van der Waals surface area contributed by atoms with Crippen LogP contribution in [0.2, 0.25) is 0 Å². The Morgan fingerprint density at radius 3 is 2.40 bits per heavy atom. The van der Waals surface area contributed by atoms with Gasteiger partial charge in [0.25, 0.3) is 0 Å². The molecule has 0 saturated heterocycles. The molecule has 0 unspecified atom stereocenters. The van der Waals surface area contributed by atoms with Crippen LogP contribution in [0.5, 0.6) is 5.75 Å². The first kappa shape index (κ1) is 12.2. The lowest BCUT2D eigenvalue weighted by Gasteiger charge is -2.10. The molecule has 7 heteroatoms. The van der Waals surface area contributed by atoms with E-state index < -0.39 is 23.5 Å². The van der Waals surface area contributed by atoms with E-state index in [-0.39, 0.29) is 9.86 Å². The Labute approximate surface area is 95.4 Å². The zero-order valence-electron chi connectivity index (χ0n) is 6.94. The van der Waals surface area contributed by atoms with Crippen LogP contribution in [-0.4, -0.2) is 12.6 Å². The molecule has 0 atom stereocenters. The van der Waals surface area contributed by atoms with Gasteiger partial charge in [-0.3, -0.25) is 4.79 Å². The van der Waals surface area contributed by atoms with Gasteiger partial charge in [-0.05, 0) is 34.7 Å². The van der Waals surface area contributed by atoms with Gasteiger partial charge in [0.05, 0.1) is 9.13 Å². The number of hydrogen-bond acceptors (Lipinski definition) is 2. The maximum atomic E-state index is 13.0. The van der Waals surface area contributed by atoms with E-state index in [1.807, 2.05) is 0 Å². The molecule has 0 aliphatic rings. The van der Waals surface area contributed by atoms with Crippen molar-refractivity contribution in [2.75, 3.05) is 0 Å². The molecule has 1 rings (SSSR count). The molecule has 1 aromatic carbocycles. The lowest BCUT2D eigenvalue weighted by molar-refractivity contribution is -0.274. The number of hydrogen-bond donors (Lipinski definition) is 0. The van der Waals surface area contributed by atoms with Gasteiger partial charge in [-0.2, -0.15) is 0 Å². The number of carbonyl (C=O) groups is 1. The number of benzene rings is 1. The summed E-state index contributed by atoms with van der Waals surface area (Å²) in [7, 11) is 0. The van der Waals surface area contributed by atoms with E-state index in [9.17, 15) is 22.4 Å². The van der Waals surface area contributed by atoms with Gasteiger partial charge in [-0.25, -0.2) is 4.39 Å². The molecule has 0 fully saturated rings. The number of ether oxygens (including phenoxy) is 1. The maximum absolute atomic E-state index is 13.0. The average molecular weight is 334 g/mol. The van der Waals surface area contributed by atoms with Crippen LogP contribution in [0.3, 0.4) is 0 Å². The molecular formula is C8H3F4IO2. The van der Waals surface area contributed by atoms with Gasteiger partial charge in [0.15, 0.2) is 6.29 Å². The Kier molecular flexibility index (Phi) is 3.53. The first-order valence-electron chi connectivity index (χ1n) is 3.53. The van der Waals surface area contributed by atoms with Crippen molar-refractivity contribution in [3.63, 3.8) is 0 Å². The first-order valence-corrected chi connectivity index (χ1v) is 4.61. The molecule has 0 bridgehead atoms. The Bertz CT molecular complexity index is 389.